The lowest BCUT2D eigenvalue weighted by molar-refractivity contribution is -0.120. The van der Waals surface area contributed by atoms with Crippen LogP contribution in [0.4, 0.5) is 10.1 Å². The molecule has 6 nitrogen and oxygen atoms in total. The van der Waals surface area contributed by atoms with Gasteiger partial charge in [-0.2, -0.15) is 0 Å². The van der Waals surface area contributed by atoms with E-state index in [0.717, 1.165) is 4.31 Å². The molecule has 0 aromatic heterocycles. The SMILES string of the molecule is COc1ccc(S(=O)(=O)N(CC(=O)N[C@H](C)c2ccc(F)cc2)c2cccc(Cl)c2)cc1. The summed E-state index contributed by atoms with van der Waals surface area (Å²) in [5.74, 6) is -0.409. The number of sulfonamides is 1. The molecule has 32 heavy (non-hydrogen) atoms. The third-order valence-corrected chi connectivity index (χ3v) is 6.80. The molecule has 0 unspecified atom stereocenters. The zero-order chi connectivity index (χ0) is 23.3. The van der Waals surface area contributed by atoms with Crippen LogP contribution in [0.1, 0.15) is 18.5 Å². The van der Waals surface area contributed by atoms with Crippen molar-refractivity contribution in [3.63, 3.8) is 0 Å². The van der Waals surface area contributed by atoms with Crippen LogP contribution in [0.25, 0.3) is 0 Å². The summed E-state index contributed by atoms with van der Waals surface area (Å²) in [7, 11) is -2.61. The number of benzene rings is 3. The van der Waals surface area contributed by atoms with Crippen molar-refractivity contribution < 1.29 is 22.3 Å². The smallest absolute Gasteiger partial charge is 0.264 e. The van der Waals surface area contributed by atoms with Crippen LogP contribution < -0.4 is 14.4 Å². The molecule has 1 amide bonds. The summed E-state index contributed by atoms with van der Waals surface area (Å²) in [6.07, 6.45) is 0. The van der Waals surface area contributed by atoms with Gasteiger partial charge >= 0.3 is 0 Å². The zero-order valence-corrected chi connectivity index (χ0v) is 19.0. The van der Waals surface area contributed by atoms with Gasteiger partial charge in [0, 0.05) is 5.02 Å². The molecule has 1 atom stereocenters. The van der Waals surface area contributed by atoms with Gasteiger partial charge < -0.3 is 10.1 Å². The Labute approximate surface area is 191 Å². The summed E-state index contributed by atoms with van der Waals surface area (Å²) < 4.78 is 46.0. The molecule has 9 heteroatoms. The number of nitrogens with zero attached hydrogens (tertiary/aromatic N) is 1. The lowest BCUT2D eigenvalue weighted by Gasteiger charge is -2.25. The van der Waals surface area contributed by atoms with Gasteiger partial charge in [0.2, 0.25) is 5.91 Å². The lowest BCUT2D eigenvalue weighted by atomic mass is 10.1. The maximum absolute atomic E-state index is 13.4. The summed E-state index contributed by atoms with van der Waals surface area (Å²) >= 11 is 6.07. The van der Waals surface area contributed by atoms with Gasteiger partial charge in [0.05, 0.1) is 23.7 Å². The molecule has 0 spiro atoms. The number of carbonyl (C=O) groups is 1. The van der Waals surface area contributed by atoms with E-state index in [2.05, 4.69) is 5.32 Å². The molecule has 0 aliphatic rings. The molecule has 0 saturated carbocycles. The van der Waals surface area contributed by atoms with Crippen LogP contribution in [-0.4, -0.2) is 28.0 Å². The minimum absolute atomic E-state index is 0.00217. The van der Waals surface area contributed by atoms with Crippen LogP contribution in [0, 0.1) is 5.82 Å². The number of carbonyl (C=O) groups excluding carboxylic acids is 1. The van der Waals surface area contributed by atoms with Crippen molar-refractivity contribution in [2.45, 2.75) is 17.9 Å². The molecule has 0 bridgehead atoms. The van der Waals surface area contributed by atoms with Crippen molar-refractivity contribution in [1.29, 1.82) is 0 Å². The van der Waals surface area contributed by atoms with Crippen molar-refractivity contribution in [2.75, 3.05) is 18.0 Å². The van der Waals surface area contributed by atoms with E-state index in [-0.39, 0.29) is 16.4 Å². The zero-order valence-electron chi connectivity index (χ0n) is 17.5. The Hall–Kier alpha value is -3.10. The number of hydrogen-bond donors (Lipinski definition) is 1. The maximum atomic E-state index is 13.4. The number of hydrogen-bond acceptors (Lipinski definition) is 4. The molecule has 3 aromatic rings. The number of halogens is 2. The Kier molecular flexibility index (Phi) is 7.37. The van der Waals surface area contributed by atoms with Gasteiger partial charge in [-0.25, -0.2) is 12.8 Å². The highest BCUT2D eigenvalue weighted by atomic mass is 35.5. The van der Waals surface area contributed by atoms with E-state index in [1.54, 1.807) is 37.3 Å². The number of rotatable bonds is 8. The van der Waals surface area contributed by atoms with Crippen molar-refractivity contribution in [1.82, 2.24) is 5.32 Å². The molecule has 0 aliphatic heterocycles. The second-order valence-corrected chi connectivity index (χ2v) is 9.31. The highest BCUT2D eigenvalue weighted by Crippen LogP contribution is 2.27. The average Bonchev–Trinajstić information content (AvgIpc) is 2.77. The Bertz CT molecular complexity index is 1190. The Morgan fingerprint density at radius 2 is 1.75 bits per heavy atom. The highest BCUT2D eigenvalue weighted by Gasteiger charge is 2.28. The third kappa shape index (κ3) is 5.57. The Morgan fingerprint density at radius 1 is 1.09 bits per heavy atom. The first-order valence-electron chi connectivity index (χ1n) is 9.68. The minimum Gasteiger partial charge on any atom is -0.497 e. The van der Waals surface area contributed by atoms with Crippen LogP contribution >= 0.6 is 11.6 Å². The topological polar surface area (TPSA) is 75.7 Å². The Morgan fingerprint density at radius 3 is 2.34 bits per heavy atom. The first-order chi connectivity index (χ1) is 15.2. The summed E-state index contributed by atoms with van der Waals surface area (Å²) in [5.41, 5.74) is 0.935. The van der Waals surface area contributed by atoms with E-state index in [1.165, 1.54) is 49.6 Å². The van der Waals surface area contributed by atoms with Crippen LogP contribution in [0.15, 0.2) is 77.7 Å². The van der Waals surface area contributed by atoms with E-state index >= 15 is 0 Å². The lowest BCUT2D eigenvalue weighted by Crippen LogP contribution is -2.41. The monoisotopic (exact) mass is 476 g/mol. The predicted molar refractivity (Wildman–Crippen MR) is 122 cm³/mol. The largest absolute Gasteiger partial charge is 0.497 e. The molecule has 0 radical (unpaired) electrons. The molecule has 3 aromatic carbocycles. The minimum atomic E-state index is -4.09. The molecule has 0 heterocycles. The maximum Gasteiger partial charge on any atom is 0.264 e. The fraction of sp³-hybridized carbons (Fsp3) is 0.174. The quantitative estimate of drug-likeness (QED) is 0.517. The van der Waals surface area contributed by atoms with E-state index < -0.39 is 28.5 Å². The molecule has 3 rings (SSSR count). The van der Waals surface area contributed by atoms with Crippen LogP contribution in [0.5, 0.6) is 5.75 Å². The van der Waals surface area contributed by atoms with Crippen LogP contribution in [0.2, 0.25) is 5.02 Å². The van der Waals surface area contributed by atoms with Gasteiger partial charge in [-0.05, 0) is 67.1 Å². The highest BCUT2D eigenvalue weighted by molar-refractivity contribution is 7.92. The molecule has 168 valence electrons. The van der Waals surface area contributed by atoms with Crippen molar-refractivity contribution in [2.24, 2.45) is 0 Å². The van der Waals surface area contributed by atoms with Crippen LogP contribution in [0.3, 0.4) is 0 Å². The number of nitrogens with one attached hydrogen (secondary N) is 1. The first kappa shape index (κ1) is 23.6. The van der Waals surface area contributed by atoms with Gasteiger partial charge in [0.15, 0.2) is 0 Å². The molecule has 1 N–H and O–H groups in total. The van der Waals surface area contributed by atoms with Gasteiger partial charge in [-0.15, -0.1) is 0 Å². The molecular weight excluding hydrogens is 455 g/mol. The number of anilines is 1. The standard InChI is InChI=1S/C23H22ClFN2O4S/c1-16(17-6-8-19(25)9-7-17)26-23(28)15-27(20-5-3-4-18(24)14-20)32(29,30)22-12-10-21(31-2)11-13-22/h3-14,16H,15H2,1-2H3,(H,26,28)/t16-/m1/s1. The molecule has 0 saturated heterocycles. The predicted octanol–water partition coefficient (Wildman–Crippen LogP) is 4.56. The van der Waals surface area contributed by atoms with Gasteiger partial charge in [-0.1, -0.05) is 29.8 Å². The van der Waals surface area contributed by atoms with Crippen molar-refractivity contribution in [3.8, 4) is 5.75 Å². The summed E-state index contributed by atoms with van der Waals surface area (Å²) in [6.45, 7) is 1.26. The van der Waals surface area contributed by atoms with Gasteiger partial charge in [0.25, 0.3) is 10.0 Å². The van der Waals surface area contributed by atoms with Crippen molar-refractivity contribution >= 4 is 33.2 Å². The van der Waals surface area contributed by atoms with E-state index in [9.17, 15) is 17.6 Å². The van der Waals surface area contributed by atoms with E-state index in [1.807, 2.05) is 0 Å². The van der Waals surface area contributed by atoms with Gasteiger partial charge in [0.1, 0.15) is 18.1 Å². The van der Waals surface area contributed by atoms with Crippen molar-refractivity contribution in [3.05, 3.63) is 89.2 Å². The summed E-state index contributed by atoms with van der Waals surface area (Å²) in [6, 6.07) is 17.4. The summed E-state index contributed by atoms with van der Waals surface area (Å²) in [5, 5.41) is 3.08. The second-order valence-electron chi connectivity index (χ2n) is 7.01. The summed E-state index contributed by atoms with van der Waals surface area (Å²) in [4.78, 5) is 12.8. The average molecular weight is 477 g/mol. The normalized spacial score (nSPS) is 12.1. The van der Waals surface area contributed by atoms with Crippen LogP contribution in [-0.2, 0) is 14.8 Å². The molecule has 0 fully saturated rings. The Balaban J connectivity index is 1.89. The number of ether oxygens (including phenoxy) is 1. The molecule has 0 aliphatic carbocycles. The first-order valence-corrected chi connectivity index (χ1v) is 11.5. The fourth-order valence-electron chi connectivity index (χ4n) is 3.07. The molecular formula is C23H22ClFN2O4S. The third-order valence-electron chi connectivity index (χ3n) is 4.78. The van der Waals surface area contributed by atoms with E-state index in [0.29, 0.717) is 16.3 Å². The van der Waals surface area contributed by atoms with E-state index in [4.69, 9.17) is 16.3 Å². The second kappa shape index (κ2) is 10.0. The fourth-order valence-corrected chi connectivity index (χ4v) is 4.67. The number of methoxy groups -OCH3 is 1. The van der Waals surface area contributed by atoms with Gasteiger partial charge in [-0.3, -0.25) is 9.10 Å². The number of amides is 1.